The number of benzene rings is 1. The topological polar surface area (TPSA) is 55.8 Å². The third-order valence-electron chi connectivity index (χ3n) is 4.66. The van der Waals surface area contributed by atoms with E-state index < -0.39 is 11.4 Å². The molecule has 1 aromatic carbocycles. The highest BCUT2D eigenvalue weighted by molar-refractivity contribution is 5.94. The highest BCUT2D eigenvalue weighted by Crippen LogP contribution is 2.33. The summed E-state index contributed by atoms with van der Waals surface area (Å²) in [6, 6.07) is 4.46. The first-order valence-electron chi connectivity index (χ1n) is 7.81. The second-order valence-corrected chi connectivity index (χ2v) is 6.08. The van der Waals surface area contributed by atoms with E-state index in [0.29, 0.717) is 25.1 Å². The Morgan fingerprint density at radius 3 is 2.87 bits per heavy atom. The van der Waals surface area contributed by atoms with Crippen LogP contribution >= 0.6 is 0 Å². The molecule has 1 spiro atoms. The van der Waals surface area contributed by atoms with Crippen LogP contribution in [0.25, 0.3) is 0 Å². The van der Waals surface area contributed by atoms with Crippen molar-refractivity contribution in [1.82, 2.24) is 4.90 Å². The molecule has 0 saturated carbocycles. The number of likely N-dealkylation sites (tertiary alicyclic amines) is 1. The number of nitrogens with zero attached hydrogens (tertiary/aromatic N) is 1. The SMILES string of the molecule is COc1ccc(CC(=O)N2CCC3(CCCO3)C(=O)C2)cc1F. The summed E-state index contributed by atoms with van der Waals surface area (Å²) >= 11 is 0. The molecule has 6 heteroatoms. The van der Waals surface area contributed by atoms with E-state index in [2.05, 4.69) is 0 Å². The van der Waals surface area contributed by atoms with E-state index in [9.17, 15) is 14.0 Å². The molecule has 5 nitrogen and oxygen atoms in total. The summed E-state index contributed by atoms with van der Waals surface area (Å²) in [6.07, 6.45) is 2.26. The first-order chi connectivity index (χ1) is 11.0. The number of carbonyl (C=O) groups excluding carboxylic acids is 2. The van der Waals surface area contributed by atoms with E-state index in [0.717, 1.165) is 12.8 Å². The molecule has 0 N–H and O–H groups in total. The fraction of sp³-hybridized carbons (Fsp3) is 0.529. The summed E-state index contributed by atoms with van der Waals surface area (Å²) in [5.41, 5.74) is -0.0960. The van der Waals surface area contributed by atoms with Gasteiger partial charge in [0, 0.05) is 19.6 Å². The van der Waals surface area contributed by atoms with E-state index in [1.165, 1.54) is 24.1 Å². The fourth-order valence-electron chi connectivity index (χ4n) is 3.29. The van der Waals surface area contributed by atoms with Crippen LogP contribution in [0.1, 0.15) is 24.8 Å². The van der Waals surface area contributed by atoms with Crippen LogP contribution in [-0.4, -0.2) is 49.0 Å². The summed E-state index contributed by atoms with van der Waals surface area (Å²) in [7, 11) is 1.39. The van der Waals surface area contributed by atoms with Crippen molar-refractivity contribution >= 4 is 11.7 Å². The Balaban J connectivity index is 1.63. The van der Waals surface area contributed by atoms with Gasteiger partial charge in [-0.15, -0.1) is 0 Å². The fourth-order valence-corrected chi connectivity index (χ4v) is 3.29. The molecular weight excluding hydrogens is 301 g/mol. The summed E-state index contributed by atoms with van der Waals surface area (Å²) in [4.78, 5) is 26.2. The molecular formula is C17H20FNO4. The first kappa shape index (κ1) is 15.9. The second kappa shape index (κ2) is 6.28. The Morgan fingerprint density at radius 1 is 1.43 bits per heavy atom. The molecule has 0 aliphatic carbocycles. The number of carbonyl (C=O) groups is 2. The summed E-state index contributed by atoms with van der Waals surface area (Å²) < 4.78 is 24.2. The Bertz CT molecular complexity index is 625. The Hall–Kier alpha value is -1.95. The van der Waals surface area contributed by atoms with E-state index in [4.69, 9.17) is 9.47 Å². The van der Waals surface area contributed by atoms with Gasteiger partial charge < -0.3 is 14.4 Å². The molecule has 0 bridgehead atoms. The monoisotopic (exact) mass is 321 g/mol. The summed E-state index contributed by atoms with van der Waals surface area (Å²) in [5.74, 6) is -0.535. The molecule has 1 atom stereocenters. The number of methoxy groups -OCH3 is 1. The molecule has 23 heavy (non-hydrogen) atoms. The molecule has 2 heterocycles. The van der Waals surface area contributed by atoms with Crippen molar-refractivity contribution in [3.63, 3.8) is 0 Å². The minimum absolute atomic E-state index is 0.0180. The number of hydrogen-bond donors (Lipinski definition) is 0. The first-order valence-corrected chi connectivity index (χ1v) is 7.81. The molecule has 0 aromatic heterocycles. The molecule has 2 saturated heterocycles. The highest BCUT2D eigenvalue weighted by atomic mass is 19.1. The zero-order valence-electron chi connectivity index (χ0n) is 13.1. The standard InChI is InChI=1S/C17H20FNO4/c1-22-14-4-3-12(9-13(14)18)10-16(21)19-7-6-17(15(20)11-19)5-2-8-23-17/h3-4,9H,2,5-8,10-11H2,1H3. The molecule has 3 rings (SSSR count). The number of amides is 1. The van der Waals surface area contributed by atoms with Gasteiger partial charge in [-0.2, -0.15) is 0 Å². The minimum atomic E-state index is -0.664. The molecule has 2 aliphatic rings. The minimum Gasteiger partial charge on any atom is -0.494 e. The highest BCUT2D eigenvalue weighted by Gasteiger charge is 2.46. The molecule has 1 amide bonds. The van der Waals surface area contributed by atoms with Crippen molar-refractivity contribution in [2.24, 2.45) is 0 Å². The Labute approximate surface area is 134 Å². The molecule has 1 aromatic rings. The molecule has 124 valence electrons. The van der Waals surface area contributed by atoms with Gasteiger partial charge in [0.15, 0.2) is 17.3 Å². The van der Waals surface area contributed by atoms with Crippen molar-refractivity contribution < 1.29 is 23.5 Å². The van der Waals surface area contributed by atoms with Gasteiger partial charge in [-0.25, -0.2) is 4.39 Å². The lowest BCUT2D eigenvalue weighted by atomic mass is 9.87. The largest absolute Gasteiger partial charge is 0.494 e. The molecule has 1 unspecified atom stereocenters. The molecule has 2 fully saturated rings. The van der Waals surface area contributed by atoms with Gasteiger partial charge in [0.1, 0.15) is 5.60 Å². The van der Waals surface area contributed by atoms with E-state index in [1.807, 2.05) is 0 Å². The van der Waals surface area contributed by atoms with E-state index in [1.54, 1.807) is 6.07 Å². The quantitative estimate of drug-likeness (QED) is 0.851. The maximum atomic E-state index is 13.7. The van der Waals surface area contributed by atoms with Crippen LogP contribution in [0.15, 0.2) is 18.2 Å². The second-order valence-electron chi connectivity index (χ2n) is 6.08. The lowest BCUT2D eigenvalue weighted by molar-refractivity contribution is -0.152. The van der Waals surface area contributed by atoms with Gasteiger partial charge in [0.2, 0.25) is 5.91 Å². The number of rotatable bonds is 3. The number of piperidine rings is 1. The van der Waals surface area contributed by atoms with Crippen molar-refractivity contribution in [1.29, 1.82) is 0 Å². The average molecular weight is 321 g/mol. The van der Waals surface area contributed by atoms with Crippen LogP contribution in [-0.2, 0) is 20.7 Å². The van der Waals surface area contributed by atoms with Crippen molar-refractivity contribution in [3.8, 4) is 5.75 Å². The third kappa shape index (κ3) is 3.08. The van der Waals surface area contributed by atoms with Gasteiger partial charge in [0.25, 0.3) is 0 Å². The van der Waals surface area contributed by atoms with Gasteiger partial charge in [-0.1, -0.05) is 6.07 Å². The predicted octanol–water partition coefficient (Wildman–Crippen LogP) is 1.73. The van der Waals surface area contributed by atoms with Crippen LogP contribution in [0.2, 0.25) is 0 Å². The maximum Gasteiger partial charge on any atom is 0.227 e. The van der Waals surface area contributed by atoms with Crippen LogP contribution in [0.3, 0.4) is 0 Å². The lowest BCUT2D eigenvalue weighted by Crippen LogP contribution is -2.54. The smallest absolute Gasteiger partial charge is 0.227 e. The molecule has 0 radical (unpaired) electrons. The van der Waals surface area contributed by atoms with Crippen molar-refractivity contribution in [2.75, 3.05) is 26.8 Å². The van der Waals surface area contributed by atoms with Crippen LogP contribution in [0.4, 0.5) is 4.39 Å². The molecule has 2 aliphatic heterocycles. The lowest BCUT2D eigenvalue weighted by Gasteiger charge is -2.37. The number of ether oxygens (including phenoxy) is 2. The summed E-state index contributed by atoms with van der Waals surface area (Å²) in [5, 5.41) is 0. The maximum absolute atomic E-state index is 13.7. The van der Waals surface area contributed by atoms with Crippen LogP contribution in [0, 0.1) is 5.82 Å². The Kier molecular flexibility index (Phi) is 4.35. The Morgan fingerprint density at radius 2 is 2.26 bits per heavy atom. The predicted molar refractivity (Wildman–Crippen MR) is 80.8 cm³/mol. The zero-order chi connectivity index (χ0) is 16.4. The number of halogens is 1. The average Bonchev–Trinajstić information content (AvgIpc) is 3.00. The zero-order valence-corrected chi connectivity index (χ0v) is 13.1. The normalized spacial score (nSPS) is 24.3. The number of hydrogen-bond acceptors (Lipinski definition) is 4. The van der Waals surface area contributed by atoms with Gasteiger partial charge >= 0.3 is 0 Å². The van der Waals surface area contributed by atoms with Gasteiger partial charge in [-0.05, 0) is 30.5 Å². The third-order valence-corrected chi connectivity index (χ3v) is 4.66. The van der Waals surface area contributed by atoms with Crippen LogP contribution in [0.5, 0.6) is 5.75 Å². The van der Waals surface area contributed by atoms with E-state index >= 15 is 0 Å². The van der Waals surface area contributed by atoms with Crippen molar-refractivity contribution in [3.05, 3.63) is 29.6 Å². The number of Topliss-reactive ketones (excluding diaryl/α,β-unsaturated/α-hetero) is 1. The number of ketones is 1. The van der Waals surface area contributed by atoms with Crippen molar-refractivity contribution in [2.45, 2.75) is 31.3 Å². The van der Waals surface area contributed by atoms with E-state index in [-0.39, 0.29) is 30.4 Å². The summed E-state index contributed by atoms with van der Waals surface area (Å²) in [6.45, 7) is 1.20. The van der Waals surface area contributed by atoms with Crippen LogP contribution < -0.4 is 4.74 Å². The van der Waals surface area contributed by atoms with Gasteiger partial charge in [0.05, 0.1) is 20.1 Å². The van der Waals surface area contributed by atoms with Gasteiger partial charge in [-0.3, -0.25) is 9.59 Å².